The minimum absolute atomic E-state index is 0.0259. The second-order valence-electron chi connectivity index (χ2n) is 3.67. The van der Waals surface area contributed by atoms with Gasteiger partial charge in [0, 0.05) is 6.04 Å². The Bertz CT molecular complexity index is 313. The van der Waals surface area contributed by atoms with E-state index < -0.39 is 5.97 Å². The van der Waals surface area contributed by atoms with E-state index in [-0.39, 0.29) is 19.1 Å². The van der Waals surface area contributed by atoms with Crippen LogP contribution in [0.25, 0.3) is 0 Å². The van der Waals surface area contributed by atoms with E-state index in [1.54, 1.807) is 0 Å². The summed E-state index contributed by atoms with van der Waals surface area (Å²) in [6.45, 7) is 0.611. The molecule has 0 aliphatic rings. The number of carboxylic acids is 1. The molecule has 0 heterocycles. The lowest BCUT2D eigenvalue weighted by Gasteiger charge is -2.11. The van der Waals surface area contributed by atoms with Crippen molar-refractivity contribution in [3.05, 3.63) is 35.9 Å². The average Bonchev–Trinajstić information content (AvgIpc) is 2.25. The quantitative estimate of drug-likeness (QED) is 0.678. The summed E-state index contributed by atoms with van der Waals surface area (Å²) in [4.78, 5) is 10.2. The number of rotatable bonds is 7. The van der Waals surface area contributed by atoms with Gasteiger partial charge >= 0.3 is 5.97 Å². The maximum atomic E-state index is 10.2. The fourth-order valence-electron chi connectivity index (χ4n) is 1.37. The van der Waals surface area contributed by atoms with Crippen LogP contribution in [0.5, 0.6) is 0 Å². The number of nitrogens with two attached hydrogens (primary N) is 1. The maximum absolute atomic E-state index is 10.2. The highest BCUT2D eigenvalue weighted by Gasteiger charge is 2.04. The van der Waals surface area contributed by atoms with Crippen LogP contribution in [0.3, 0.4) is 0 Å². The van der Waals surface area contributed by atoms with Crippen LogP contribution in [0.15, 0.2) is 30.3 Å². The van der Waals surface area contributed by atoms with Gasteiger partial charge < -0.3 is 15.6 Å². The van der Waals surface area contributed by atoms with Crippen LogP contribution in [-0.4, -0.2) is 30.3 Å². The first-order chi connectivity index (χ1) is 7.68. The van der Waals surface area contributed by atoms with Crippen molar-refractivity contribution in [1.29, 1.82) is 0 Å². The normalized spacial score (nSPS) is 12.3. The van der Waals surface area contributed by atoms with Crippen LogP contribution in [0.2, 0.25) is 0 Å². The van der Waals surface area contributed by atoms with E-state index in [1.807, 2.05) is 30.3 Å². The third-order valence-electron chi connectivity index (χ3n) is 2.13. The molecule has 16 heavy (non-hydrogen) atoms. The molecule has 0 aliphatic carbocycles. The fraction of sp³-hybridized carbons (Fsp3) is 0.417. The Balaban J connectivity index is 2.16. The van der Waals surface area contributed by atoms with Gasteiger partial charge in [0.05, 0.1) is 19.6 Å². The van der Waals surface area contributed by atoms with Crippen LogP contribution < -0.4 is 5.73 Å². The lowest BCUT2D eigenvalue weighted by atomic mass is 10.1. The minimum atomic E-state index is -0.850. The smallest absolute Gasteiger partial charge is 0.305 e. The predicted molar refractivity (Wildman–Crippen MR) is 61.2 cm³/mol. The fourth-order valence-corrected chi connectivity index (χ4v) is 1.37. The van der Waals surface area contributed by atoms with E-state index in [9.17, 15) is 4.79 Å². The molecule has 0 aliphatic heterocycles. The molecule has 4 heteroatoms. The van der Waals surface area contributed by atoms with Crippen molar-refractivity contribution in [3.63, 3.8) is 0 Å². The molecule has 0 bridgehead atoms. The molecule has 1 aromatic rings. The third-order valence-corrected chi connectivity index (χ3v) is 2.13. The Morgan fingerprint density at radius 2 is 2.06 bits per heavy atom. The van der Waals surface area contributed by atoms with Crippen molar-refractivity contribution >= 4 is 5.97 Å². The number of carboxylic acid groups (broad SMARTS) is 1. The number of carbonyl (C=O) groups is 1. The second-order valence-corrected chi connectivity index (χ2v) is 3.67. The number of hydrogen-bond donors (Lipinski definition) is 2. The van der Waals surface area contributed by atoms with Crippen molar-refractivity contribution in [2.45, 2.75) is 18.9 Å². The lowest BCUT2D eigenvalue weighted by Crippen LogP contribution is -2.29. The van der Waals surface area contributed by atoms with Gasteiger partial charge in [-0.1, -0.05) is 30.3 Å². The molecule has 0 aromatic heterocycles. The van der Waals surface area contributed by atoms with Crippen molar-refractivity contribution in [2.24, 2.45) is 5.73 Å². The van der Waals surface area contributed by atoms with E-state index in [0.717, 1.165) is 12.0 Å². The molecule has 0 spiro atoms. The Kier molecular flexibility index (Phi) is 5.53. The van der Waals surface area contributed by atoms with Crippen molar-refractivity contribution in [1.82, 2.24) is 0 Å². The summed E-state index contributed by atoms with van der Waals surface area (Å²) in [5.41, 5.74) is 7.01. The molecule has 1 atom stereocenters. The topological polar surface area (TPSA) is 72.5 Å². The lowest BCUT2D eigenvalue weighted by molar-refractivity contribution is -0.138. The summed E-state index contributed by atoms with van der Waals surface area (Å²) in [5, 5.41) is 8.40. The van der Waals surface area contributed by atoms with Gasteiger partial charge in [0.25, 0.3) is 0 Å². The average molecular weight is 223 g/mol. The van der Waals surface area contributed by atoms with Gasteiger partial charge in [0.2, 0.25) is 0 Å². The summed E-state index contributed by atoms with van der Waals surface area (Å²) in [5.74, 6) is -0.850. The van der Waals surface area contributed by atoms with Gasteiger partial charge in [0.15, 0.2) is 0 Å². The predicted octanol–water partition coefficient (Wildman–Crippen LogP) is 1.05. The van der Waals surface area contributed by atoms with Gasteiger partial charge in [-0.15, -0.1) is 0 Å². The summed E-state index contributed by atoms with van der Waals surface area (Å²) in [6.07, 6.45) is 0.770. The molecule has 88 valence electrons. The number of hydrogen-bond acceptors (Lipinski definition) is 3. The Hall–Kier alpha value is -1.39. The van der Waals surface area contributed by atoms with Crippen molar-refractivity contribution in [2.75, 3.05) is 13.2 Å². The monoisotopic (exact) mass is 223 g/mol. The largest absolute Gasteiger partial charge is 0.481 e. The Labute approximate surface area is 95.0 Å². The van der Waals surface area contributed by atoms with E-state index in [1.165, 1.54) is 0 Å². The molecule has 0 radical (unpaired) electrons. The summed E-state index contributed by atoms with van der Waals surface area (Å²) < 4.78 is 5.17. The first kappa shape index (κ1) is 12.7. The summed E-state index contributed by atoms with van der Waals surface area (Å²) in [6, 6.07) is 9.82. The maximum Gasteiger partial charge on any atom is 0.305 e. The first-order valence-electron chi connectivity index (χ1n) is 5.27. The zero-order valence-electron chi connectivity index (χ0n) is 9.13. The van der Waals surface area contributed by atoms with Crippen molar-refractivity contribution < 1.29 is 14.6 Å². The number of ether oxygens (including phenoxy) is 1. The standard InChI is InChI=1S/C12H17NO3/c13-11(9-16-7-6-12(14)15)8-10-4-2-1-3-5-10/h1-5,11H,6-9,13H2,(H,14,15)/t11-/m0/s1. The highest BCUT2D eigenvalue weighted by atomic mass is 16.5. The zero-order chi connectivity index (χ0) is 11.8. The Morgan fingerprint density at radius 3 is 2.69 bits per heavy atom. The Morgan fingerprint density at radius 1 is 1.38 bits per heavy atom. The molecule has 0 amide bonds. The molecule has 4 nitrogen and oxygen atoms in total. The molecule has 1 aromatic carbocycles. The van der Waals surface area contributed by atoms with E-state index >= 15 is 0 Å². The van der Waals surface area contributed by atoms with Crippen LogP contribution in [0.1, 0.15) is 12.0 Å². The van der Waals surface area contributed by atoms with Crippen LogP contribution in [0.4, 0.5) is 0 Å². The van der Waals surface area contributed by atoms with Gasteiger partial charge in [-0.25, -0.2) is 0 Å². The van der Waals surface area contributed by atoms with E-state index in [4.69, 9.17) is 15.6 Å². The molecule has 0 fully saturated rings. The summed E-state index contributed by atoms with van der Waals surface area (Å²) in [7, 11) is 0. The molecule has 0 unspecified atom stereocenters. The molecule has 1 rings (SSSR count). The summed E-state index contributed by atoms with van der Waals surface area (Å²) >= 11 is 0. The zero-order valence-corrected chi connectivity index (χ0v) is 9.13. The van der Waals surface area contributed by atoms with Gasteiger partial charge in [-0.3, -0.25) is 4.79 Å². The van der Waals surface area contributed by atoms with Gasteiger partial charge in [0.1, 0.15) is 0 Å². The van der Waals surface area contributed by atoms with E-state index in [0.29, 0.717) is 6.61 Å². The van der Waals surface area contributed by atoms with E-state index in [2.05, 4.69) is 0 Å². The highest BCUT2D eigenvalue weighted by Crippen LogP contribution is 2.02. The molecular formula is C12H17NO3. The SMILES string of the molecule is N[C@H](COCCC(=O)O)Cc1ccccc1. The molecule has 0 saturated carbocycles. The number of benzene rings is 1. The minimum Gasteiger partial charge on any atom is -0.481 e. The van der Waals surface area contributed by atoms with Crippen LogP contribution in [0, 0.1) is 0 Å². The highest BCUT2D eigenvalue weighted by molar-refractivity contribution is 5.66. The molecule has 3 N–H and O–H groups in total. The molecular weight excluding hydrogens is 206 g/mol. The van der Waals surface area contributed by atoms with Crippen molar-refractivity contribution in [3.8, 4) is 0 Å². The molecule has 0 saturated heterocycles. The number of aliphatic carboxylic acids is 1. The third kappa shape index (κ3) is 5.48. The first-order valence-corrected chi connectivity index (χ1v) is 5.27. The van der Waals surface area contributed by atoms with Crippen LogP contribution >= 0.6 is 0 Å². The van der Waals surface area contributed by atoms with Gasteiger partial charge in [-0.05, 0) is 12.0 Å². The van der Waals surface area contributed by atoms with Gasteiger partial charge in [-0.2, -0.15) is 0 Å². The van der Waals surface area contributed by atoms with Crippen LogP contribution in [-0.2, 0) is 16.0 Å². The second kappa shape index (κ2) is 6.98.